The fourth-order valence-corrected chi connectivity index (χ4v) is 15.1. The third-order valence-corrected chi connectivity index (χ3v) is 18.4. The SMILES string of the molecule is CC(C)(C)c1ccc(-c2cc3c4c(c2)-n2c5ccccc5c5cccc(c52)B4n2c4c-3cccc4c3c2c2cccc4c2n3C2c3c-4cc(-c4ccc(C(C)(C)C)cc4)cc3-n3c4ccccc4c4cccc2c43)cc1. The molecular formula is C71H51BN4. The highest BCUT2D eigenvalue weighted by Crippen LogP contribution is 2.57. The van der Waals surface area contributed by atoms with Gasteiger partial charge in [-0.1, -0.05) is 199 Å². The van der Waals surface area contributed by atoms with Crippen molar-refractivity contribution in [2.75, 3.05) is 0 Å². The van der Waals surface area contributed by atoms with Gasteiger partial charge in [0, 0.05) is 65.8 Å². The van der Waals surface area contributed by atoms with Crippen LogP contribution in [0.4, 0.5) is 0 Å². The lowest BCUT2D eigenvalue weighted by Gasteiger charge is -2.36. The van der Waals surface area contributed by atoms with Gasteiger partial charge in [-0.05, 0) is 103 Å². The number of aromatic nitrogens is 4. The predicted octanol–water partition coefficient (Wildman–Crippen LogP) is 16.8. The van der Waals surface area contributed by atoms with Gasteiger partial charge in [0.1, 0.15) is 0 Å². The Hall–Kier alpha value is -8.80. The monoisotopic (exact) mass is 970 g/mol. The molecule has 0 radical (unpaired) electrons. The second kappa shape index (κ2) is 13.7. The summed E-state index contributed by atoms with van der Waals surface area (Å²) in [5.41, 5.74) is 31.4. The van der Waals surface area contributed by atoms with Gasteiger partial charge < -0.3 is 18.2 Å². The van der Waals surface area contributed by atoms with E-state index in [1.54, 1.807) is 0 Å². The van der Waals surface area contributed by atoms with E-state index in [1.807, 2.05) is 0 Å². The van der Waals surface area contributed by atoms with E-state index in [-0.39, 0.29) is 23.7 Å². The molecule has 0 aliphatic carbocycles. The van der Waals surface area contributed by atoms with E-state index in [1.165, 1.54) is 166 Å². The molecule has 0 bridgehead atoms. The summed E-state index contributed by atoms with van der Waals surface area (Å²) < 4.78 is 10.8. The van der Waals surface area contributed by atoms with Gasteiger partial charge in [-0.3, -0.25) is 0 Å². The molecule has 76 heavy (non-hydrogen) atoms. The Morgan fingerprint density at radius 3 is 1.53 bits per heavy atom. The molecule has 14 aromatic rings. The van der Waals surface area contributed by atoms with Crippen LogP contribution in [-0.2, 0) is 10.8 Å². The van der Waals surface area contributed by atoms with Crippen LogP contribution < -0.4 is 10.9 Å². The van der Waals surface area contributed by atoms with Crippen LogP contribution in [0.5, 0.6) is 0 Å². The molecule has 0 N–H and O–H groups in total. The standard InChI is InChI=1S/C71H51BN4/c1-70(2,3)43-31-27-39(28-32-43)41-35-54-49-18-12-22-52-64(49)75(67-51-21-11-17-47-45-15-7-9-25-57(45)73(63(47)51)59(37-41)61(54)67)68-53-23-13-19-50-55-36-42(40-29-33-44(34-30-40)71(4,5)6)38-60-62(55)72(76(65(50)53)69(52)68)56-24-14-20-48-46-16-8-10-26-58(46)74(60)66(48)56/h7-38,67H,1-6H3. The Morgan fingerprint density at radius 2 is 0.882 bits per heavy atom. The number of fused-ring (bicyclic) bond motifs is 19. The highest BCUT2D eigenvalue weighted by molar-refractivity contribution is 6.90. The average molecular weight is 971 g/mol. The number of para-hydroxylation sites is 6. The lowest BCUT2D eigenvalue weighted by Crippen LogP contribution is -2.55. The Bertz CT molecular complexity index is 4680. The normalized spacial score (nSPS) is 14.8. The topological polar surface area (TPSA) is 19.7 Å². The molecule has 10 aromatic carbocycles. The van der Waals surface area contributed by atoms with E-state index >= 15 is 0 Å². The minimum Gasteiger partial charge on any atom is -0.374 e. The molecule has 1 unspecified atom stereocenters. The Balaban J connectivity index is 0.990. The van der Waals surface area contributed by atoms with Crippen LogP contribution in [0.1, 0.15) is 69.8 Å². The number of benzene rings is 10. The molecule has 0 fully saturated rings. The first-order valence-electron chi connectivity index (χ1n) is 27.2. The maximum Gasteiger partial charge on any atom is 0.333 e. The molecule has 0 spiro atoms. The lowest BCUT2D eigenvalue weighted by molar-refractivity contribution is 0.590. The molecule has 358 valence electrons. The largest absolute Gasteiger partial charge is 0.374 e. The summed E-state index contributed by atoms with van der Waals surface area (Å²) in [5.74, 6) is 0. The summed E-state index contributed by atoms with van der Waals surface area (Å²) in [6, 6.07) is 75.4. The van der Waals surface area contributed by atoms with Gasteiger partial charge in [0.2, 0.25) is 0 Å². The van der Waals surface area contributed by atoms with Crippen LogP contribution in [-0.4, -0.2) is 25.0 Å². The quantitative estimate of drug-likeness (QED) is 0.154. The van der Waals surface area contributed by atoms with Crippen molar-refractivity contribution in [3.8, 4) is 55.9 Å². The Kier molecular flexibility index (Phi) is 7.50. The third-order valence-electron chi connectivity index (χ3n) is 18.4. The molecule has 8 heterocycles. The number of hydrogen-bond acceptors (Lipinski definition) is 0. The molecule has 0 saturated heterocycles. The average Bonchev–Trinajstić information content (AvgIpc) is 4.13. The summed E-state index contributed by atoms with van der Waals surface area (Å²) >= 11 is 0. The Morgan fingerprint density at radius 1 is 0.368 bits per heavy atom. The fourth-order valence-electron chi connectivity index (χ4n) is 15.1. The van der Waals surface area contributed by atoms with Crippen molar-refractivity contribution in [2.45, 2.75) is 58.4 Å². The van der Waals surface area contributed by atoms with Crippen LogP contribution in [0, 0.1) is 0 Å². The van der Waals surface area contributed by atoms with Gasteiger partial charge in [0.05, 0.1) is 50.3 Å². The lowest BCUT2D eigenvalue weighted by atomic mass is 9.45. The van der Waals surface area contributed by atoms with Crippen molar-refractivity contribution in [2.24, 2.45) is 0 Å². The van der Waals surface area contributed by atoms with Crippen LogP contribution >= 0.6 is 0 Å². The van der Waals surface area contributed by atoms with Gasteiger partial charge in [0.15, 0.2) is 0 Å². The fraction of sp³-hybridized carbons (Fsp3) is 0.127. The molecule has 4 aliphatic rings. The summed E-state index contributed by atoms with van der Waals surface area (Å²) in [4.78, 5) is 0. The van der Waals surface area contributed by atoms with Crippen molar-refractivity contribution in [3.05, 3.63) is 216 Å². The highest BCUT2D eigenvalue weighted by atomic mass is 15.1. The van der Waals surface area contributed by atoms with Gasteiger partial charge in [-0.25, -0.2) is 0 Å². The van der Waals surface area contributed by atoms with Crippen molar-refractivity contribution in [1.29, 1.82) is 0 Å². The number of hydrogen-bond donors (Lipinski definition) is 0. The summed E-state index contributed by atoms with van der Waals surface area (Å²) in [6.07, 6.45) is 0. The maximum atomic E-state index is 2.81. The maximum absolute atomic E-state index is 2.81. The van der Waals surface area contributed by atoms with E-state index in [0.717, 1.165) is 0 Å². The third kappa shape index (κ3) is 4.94. The molecule has 1 atom stereocenters. The van der Waals surface area contributed by atoms with Crippen molar-refractivity contribution in [3.63, 3.8) is 0 Å². The van der Waals surface area contributed by atoms with Crippen LogP contribution in [0.2, 0.25) is 0 Å². The minimum atomic E-state index is -0.0703. The van der Waals surface area contributed by atoms with E-state index < -0.39 is 0 Å². The van der Waals surface area contributed by atoms with Gasteiger partial charge >= 0.3 is 6.85 Å². The first-order valence-corrected chi connectivity index (χ1v) is 27.2. The smallest absolute Gasteiger partial charge is 0.333 e. The summed E-state index contributed by atoms with van der Waals surface area (Å²) in [5, 5.41) is 7.80. The van der Waals surface area contributed by atoms with Gasteiger partial charge in [-0.2, -0.15) is 0 Å². The van der Waals surface area contributed by atoms with Gasteiger partial charge in [-0.15, -0.1) is 0 Å². The van der Waals surface area contributed by atoms with Crippen LogP contribution in [0.15, 0.2) is 194 Å². The molecule has 4 aromatic heterocycles. The predicted molar refractivity (Wildman–Crippen MR) is 320 cm³/mol. The molecule has 0 saturated carbocycles. The summed E-state index contributed by atoms with van der Waals surface area (Å²) in [7, 11) is 0. The summed E-state index contributed by atoms with van der Waals surface area (Å²) in [6.45, 7) is 13.7. The molecule has 0 amide bonds. The van der Waals surface area contributed by atoms with Crippen molar-refractivity contribution < 1.29 is 0 Å². The molecule has 5 heteroatoms. The molecular weight excluding hydrogens is 920 g/mol. The van der Waals surface area contributed by atoms with E-state index in [2.05, 4.69) is 254 Å². The van der Waals surface area contributed by atoms with E-state index in [9.17, 15) is 0 Å². The van der Waals surface area contributed by atoms with Crippen LogP contribution in [0.25, 0.3) is 132 Å². The minimum absolute atomic E-state index is 0.0657. The zero-order chi connectivity index (χ0) is 50.4. The second-order valence-electron chi connectivity index (χ2n) is 24.4. The Labute approximate surface area is 440 Å². The van der Waals surface area contributed by atoms with E-state index in [4.69, 9.17) is 0 Å². The number of rotatable bonds is 2. The van der Waals surface area contributed by atoms with Crippen molar-refractivity contribution >= 4 is 94.2 Å². The van der Waals surface area contributed by atoms with E-state index in [0.29, 0.717) is 0 Å². The molecule has 18 rings (SSSR count). The first kappa shape index (κ1) is 41.5. The molecule has 4 nitrogen and oxygen atoms in total. The van der Waals surface area contributed by atoms with Crippen molar-refractivity contribution in [1.82, 2.24) is 18.2 Å². The number of nitrogens with zero attached hydrogens (tertiary/aromatic N) is 4. The second-order valence-corrected chi connectivity index (χ2v) is 24.4. The zero-order valence-corrected chi connectivity index (χ0v) is 43.4. The highest BCUT2D eigenvalue weighted by Gasteiger charge is 2.45. The van der Waals surface area contributed by atoms with Gasteiger partial charge in [0.25, 0.3) is 0 Å². The zero-order valence-electron chi connectivity index (χ0n) is 43.4. The van der Waals surface area contributed by atoms with Crippen LogP contribution in [0.3, 0.4) is 0 Å². The first-order chi connectivity index (χ1) is 37.0. The molecule has 4 aliphatic heterocycles.